The standard InChI is InChI=1S/C27H19NO4/c29-23-15-14-22(24-25(23)27(31)21-9-5-4-8-20(21)26(24)30)28-18-10-12-19(13-11-18)32-16-17-6-2-1-3-7-17/h1-15,28-29H,16H2. The third kappa shape index (κ3) is 3.50. The smallest absolute Gasteiger partial charge is 0.198 e. The summed E-state index contributed by atoms with van der Waals surface area (Å²) in [6.07, 6.45) is 0. The van der Waals surface area contributed by atoms with Gasteiger partial charge in [-0.05, 0) is 42.0 Å². The van der Waals surface area contributed by atoms with Crippen LogP contribution >= 0.6 is 0 Å². The van der Waals surface area contributed by atoms with Gasteiger partial charge in [0.25, 0.3) is 0 Å². The molecule has 0 fully saturated rings. The Labute approximate surface area is 184 Å². The summed E-state index contributed by atoms with van der Waals surface area (Å²) in [5.74, 6) is -0.146. The molecule has 0 aliphatic heterocycles. The van der Waals surface area contributed by atoms with E-state index in [1.165, 1.54) is 6.07 Å². The molecule has 0 bridgehead atoms. The van der Waals surface area contributed by atoms with E-state index in [9.17, 15) is 14.7 Å². The Balaban J connectivity index is 1.41. The van der Waals surface area contributed by atoms with E-state index in [-0.39, 0.29) is 28.4 Å². The van der Waals surface area contributed by atoms with E-state index in [1.54, 1.807) is 30.3 Å². The highest BCUT2D eigenvalue weighted by Gasteiger charge is 2.33. The van der Waals surface area contributed by atoms with Crippen molar-refractivity contribution in [2.75, 3.05) is 5.32 Å². The molecule has 2 N–H and O–H groups in total. The number of carbonyl (C=O) groups is 2. The maximum atomic E-state index is 13.2. The molecule has 0 atom stereocenters. The highest BCUT2D eigenvalue weighted by molar-refractivity contribution is 6.31. The predicted octanol–water partition coefficient (Wildman–Crippen LogP) is 5.49. The summed E-state index contributed by atoms with van der Waals surface area (Å²) in [4.78, 5) is 26.1. The molecule has 0 amide bonds. The van der Waals surface area contributed by atoms with Crippen molar-refractivity contribution in [2.24, 2.45) is 0 Å². The summed E-state index contributed by atoms with van der Waals surface area (Å²) < 4.78 is 5.81. The molecular formula is C27H19NO4. The number of hydrogen-bond acceptors (Lipinski definition) is 5. The van der Waals surface area contributed by atoms with Gasteiger partial charge >= 0.3 is 0 Å². The molecule has 0 unspecified atom stereocenters. The van der Waals surface area contributed by atoms with Crippen LogP contribution < -0.4 is 10.1 Å². The maximum absolute atomic E-state index is 13.2. The Hall–Kier alpha value is -4.38. The zero-order chi connectivity index (χ0) is 22.1. The first kappa shape index (κ1) is 19.6. The summed E-state index contributed by atoms with van der Waals surface area (Å²) in [7, 11) is 0. The molecule has 0 saturated heterocycles. The van der Waals surface area contributed by atoms with Crippen molar-refractivity contribution in [3.8, 4) is 11.5 Å². The van der Waals surface area contributed by atoms with Crippen molar-refractivity contribution in [3.63, 3.8) is 0 Å². The molecule has 0 aromatic heterocycles. The summed E-state index contributed by atoms with van der Waals surface area (Å²) >= 11 is 0. The number of aromatic hydroxyl groups is 1. The van der Waals surface area contributed by atoms with Crippen LogP contribution in [0, 0.1) is 0 Å². The average Bonchev–Trinajstić information content (AvgIpc) is 2.84. The molecule has 5 nitrogen and oxygen atoms in total. The first-order valence-electron chi connectivity index (χ1n) is 10.2. The number of nitrogens with one attached hydrogen (secondary N) is 1. The van der Waals surface area contributed by atoms with E-state index in [4.69, 9.17) is 4.74 Å². The van der Waals surface area contributed by atoms with Gasteiger partial charge in [0, 0.05) is 16.8 Å². The molecular weight excluding hydrogens is 402 g/mol. The molecule has 4 aromatic rings. The Kier molecular flexibility index (Phi) is 4.92. The third-order valence-electron chi connectivity index (χ3n) is 5.44. The SMILES string of the molecule is O=C1c2ccccc2C(=O)c2c(Nc3ccc(OCc4ccccc4)cc3)ccc(O)c21. The largest absolute Gasteiger partial charge is 0.507 e. The lowest BCUT2D eigenvalue weighted by atomic mass is 9.82. The van der Waals surface area contributed by atoms with Crippen molar-refractivity contribution in [3.05, 3.63) is 119 Å². The highest BCUT2D eigenvalue weighted by atomic mass is 16.5. The number of hydrogen-bond donors (Lipinski definition) is 2. The number of carbonyl (C=O) groups excluding carboxylic acids is 2. The highest BCUT2D eigenvalue weighted by Crippen LogP contribution is 2.38. The van der Waals surface area contributed by atoms with Crippen LogP contribution in [0.1, 0.15) is 37.4 Å². The number of benzene rings is 4. The van der Waals surface area contributed by atoms with Crippen LogP contribution in [0.15, 0.2) is 91.0 Å². The second-order valence-electron chi connectivity index (χ2n) is 7.51. The van der Waals surface area contributed by atoms with Crippen LogP contribution in [0.25, 0.3) is 0 Å². The lowest BCUT2D eigenvalue weighted by Crippen LogP contribution is -2.22. The second kappa shape index (κ2) is 8.04. The van der Waals surface area contributed by atoms with Gasteiger partial charge in [-0.3, -0.25) is 9.59 Å². The Morgan fingerprint density at radius 2 is 1.31 bits per heavy atom. The Bertz CT molecular complexity index is 1330. The van der Waals surface area contributed by atoms with Crippen LogP contribution in [0.3, 0.4) is 0 Å². The van der Waals surface area contributed by atoms with Crippen LogP contribution in [0.5, 0.6) is 11.5 Å². The summed E-state index contributed by atoms with van der Waals surface area (Å²) in [6, 6.07) is 26.9. The molecule has 5 rings (SSSR count). The maximum Gasteiger partial charge on any atom is 0.198 e. The van der Waals surface area contributed by atoms with Crippen molar-refractivity contribution in [1.29, 1.82) is 0 Å². The Morgan fingerprint density at radius 1 is 0.688 bits per heavy atom. The number of ketones is 2. The van der Waals surface area contributed by atoms with E-state index in [0.717, 1.165) is 11.3 Å². The monoisotopic (exact) mass is 421 g/mol. The quantitative estimate of drug-likeness (QED) is 0.367. The number of phenols is 1. The van der Waals surface area contributed by atoms with Gasteiger partial charge in [0.05, 0.1) is 16.8 Å². The minimum Gasteiger partial charge on any atom is -0.507 e. The average molecular weight is 421 g/mol. The molecule has 1 aliphatic rings. The summed E-state index contributed by atoms with van der Waals surface area (Å²) in [5.41, 5.74) is 3.11. The zero-order valence-electron chi connectivity index (χ0n) is 17.0. The van der Waals surface area contributed by atoms with Crippen LogP contribution in [-0.2, 0) is 6.61 Å². The molecule has 32 heavy (non-hydrogen) atoms. The molecule has 0 heterocycles. The topological polar surface area (TPSA) is 75.6 Å². The number of fused-ring (bicyclic) bond motifs is 2. The number of rotatable bonds is 5. The molecule has 5 heteroatoms. The number of ether oxygens (including phenoxy) is 1. The van der Waals surface area contributed by atoms with E-state index >= 15 is 0 Å². The lowest BCUT2D eigenvalue weighted by Gasteiger charge is -2.21. The first-order chi connectivity index (χ1) is 15.6. The van der Waals surface area contributed by atoms with Gasteiger partial charge in [-0.1, -0.05) is 54.6 Å². The van der Waals surface area contributed by atoms with Gasteiger partial charge in [0.1, 0.15) is 18.1 Å². The van der Waals surface area contributed by atoms with Crippen molar-refractivity contribution >= 4 is 22.9 Å². The van der Waals surface area contributed by atoms with Gasteiger partial charge in [-0.15, -0.1) is 0 Å². The molecule has 1 aliphatic carbocycles. The van der Waals surface area contributed by atoms with Gasteiger partial charge in [-0.2, -0.15) is 0 Å². The minimum atomic E-state index is -0.360. The fourth-order valence-electron chi connectivity index (χ4n) is 3.84. The minimum absolute atomic E-state index is 0.0292. The molecule has 4 aromatic carbocycles. The molecule has 0 saturated carbocycles. The van der Waals surface area contributed by atoms with Crippen molar-refractivity contribution in [1.82, 2.24) is 0 Å². The van der Waals surface area contributed by atoms with Crippen LogP contribution in [0.4, 0.5) is 11.4 Å². The third-order valence-corrected chi connectivity index (χ3v) is 5.44. The molecule has 0 spiro atoms. The fourth-order valence-corrected chi connectivity index (χ4v) is 3.84. The van der Waals surface area contributed by atoms with E-state index in [1.807, 2.05) is 54.6 Å². The zero-order valence-corrected chi connectivity index (χ0v) is 17.0. The van der Waals surface area contributed by atoms with Crippen LogP contribution in [-0.4, -0.2) is 16.7 Å². The van der Waals surface area contributed by atoms with Gasteiger partial charge in [0.15, 0.2) is 11.6 Å². The van der Waals surface area contributed by atoms with Crippen molar-refractivity contribution < 1.29 is 19.4 Å². The Morgan fingerprint density at radius 3 is 2.00 bits per heavy atom. The van der Waals surface area contributed by atoms with Crippen LogP contribution in [0.2, 0.25) is 0 Å². The molecule has 156 valence electrons. The number of anilines is 2. The van der Waals surface area contributed by atoms with Gasteiger partial charge in [-0.25, -0.2) is 0 Å². The fraction of sp³-hybridized carbons (Fsp3) is 0.0370. The van der Waals surface area contributed by atoms with E-state index < -0.39 is 0 Å². The summed E-state index contributed by atoms with van der Waals surface area (Å²) in [6.45, 7) is 0.467. The summed E-state index contributed by atoms with van der Waals surface area (Å²) in [5, 5.41) is 13.5. The second-order valence-corrected chi connectivity index (χ2v) is 7.51. The van der Waals surface area contributed by atoms with Gasteiger partial charge < -0.3 is 15.2 Å². The first-order valence-corrected chi connectivity index (χ1v) is 10.2. The van der Waals surface area contributed by atoms with Gasteiger partial charge in [0.2, 0.25) is 0 Å². The van der Waals surface area contributed by atoms with Crippen molar-refractivity contribution in [2.45, 2.75) is 6.61 Å². The number of phenolic OH excluding ortho intramolecular Hbond substituents is 1. The lowest BCUT2D eigenvalue weighted by molar-refractivity contribution is 0.0977. The normalized spacial score (nSPS) is 12.1. The molecule has 0 radical (unpaired) electrons. The van der Waals surface area contributed by atoms with E-state index in [0.29, 0.717) is 29.2 Å². The predicted molar refractivity (Wildman–Crippen MR) is 122 cm³/mol. The van der Waals surface area contributed by atoms with E-state index in [2.05, 4.69) is 5.32 Å².